The molecule has 0 fully saturated rings. The number of benzene rings is 1. The number of para-hydroxylation sites is 1. The number of ether oxygens (including phenoxy) is 1. The molecule has 0 spiro atoms. The zero-order valence-electron chi connectivity index (χ0n) is 14.6. The summed E-state index contributed by atoms with van der Waals surface area (Å²) in [6.07, 6.45) is 3.43. The van der Waals surface area contributed by atoms with Crippen molar-refractivity contribution in [2.45, 2.75) is 19.5 Å². The van der Waals surface area contributed by atoms with E-state index in [4.69, 9.17) is 4.74 Å². The van der Waals surface area contributed by atoms with Gasteiger partial charge in [0.2, 0.25) is 0 Å². The normalized spacial score (nSPS) is 12.0. The van der Waals surface area contributed by atoms with E-state index in [1.54, 1.807) is 24.2 Å². The number of nitrogens with one attached hydrogen (secondary N) is 2. The molecule has 0 aliphatic heterocycles. The lowest BCUT2D eigenvalue weighted by molar-refractivity contribution is 0.242. The molecule has 7 heteroatoms. The number of likely N-dealkylation sites (N-methyl/N-ethyl adjacent to an activating group) is 1. The fraction of sp³-hybridized carbons (Fsp3) is 0.412. The fourth-order valence-corrected chi connectivity index (χ4v) is 2.48. The quantitative estimate of drug-likeness (QED) is 0.817. The maximum Gasteiger partial charge on any atom is 0.319 e. The van der Waals surface area contributed by atoms with Crippen molar-refractivity contribution in [2.75, 3.05) is 33.1 Å². The van der Waals surface area contributed by atoms with Crippen LogP contribution in [0.2, 0.25) is 0 Å². The Kier molecular flexibility index (Phi) is 6.20. The van der Waals surface area contributed by atoms with Crippen molar-refractivity contribution in [2.24, 2.45) is 0 Å². The highest BCUT2D eigenvalue weighted by Crippen LogP contribution is 2.27. The molecule has 1 atom stereocenters. The minimum atomic E-state index is -0.257. The average Bonchev–Trinajstić information content (AvgIpc) is 3.02. The summed E-state index contributed by atoms with van der Waals surface area (Å²) < 4.78 is 7.19. The predicted octanol–water partition coefficient (Wildman–Crippen LogP) is 2.34. The molecular formula is C17H25N5O2. The van der Waals surface area contributed by atoms with E-state index in [9.17, 15) is 4.79 Å². The summed E-state index contributed by atoms with van der Waals surface area (Å²) in [6, 6.07) is 7.57. The standard InChI is InChI=1S/C17H25N5O2/c1-5-22-12-13(10-19-22)20-17(23)18-11-15(21(2)3)14-8-6-7-9-16(14)24-4/h6-10,12,15H,5,11H2,1-4H3,(H2,18,20,23)/t15-/m1/s1. The van der Waals surface area contributed by atoms with Crippen molar-refractivity contribution < 1.29 is 9.53 Å². The highest BCUT2D eigenvalue weighted by molar-refractivity contribution is 5.88. The summed E-state index contributed by atoms with van der Waals surface area (Å²) >= 11 is 0. The molecule has 130 valence electrons. The number of hydrogen-bond acceptors (Lipinski definition) is 4. The van der Waals surface area contributed by atoms with Crippen LogP contribution in [0, 0.1) is 0 Å². The van der Waals surface area contributed by atoms with Gasteiger partial charge in [0, 0.05) is 24.8 Å². The monoisotopic (exact) mass is 331 g/mol. The van der Waals surface area contributed by atoms with Gasteiger partial charge in [-0.25, -0.2) is 4.79 Å². The van der Waals surface area contributed by atoms with Crippen LogP contribution in [0.5, 0.6) is 5.75 Å². The van der Waals surface area contributed by atoms with Gasteiger partial charge in [0.05, 0.1) is 25.0 Å². The van der Waals surface area contributed by atoms with Gasteiger partial charge in [0.1, 0.15) is 5.75 Å². The smallest absolute Gasteiger partial charge is 0.319 e. The van der Waals surface area contributed by atoms with Gasteiger partial charge in [-0.1, -0.05) is 18.2 Å². The molecule has 1 heterocycles. The van der Waals surface area contributed by atoms with Crippen LogP contribution >= 0.6 is 0 Å². The van der Waals surface area contributed by atoms with Crippen molar-refractivity contribution in [1.82, 2.24) is 20.0 Å². The molecule has 0 aliphatic rings. The number of anilines is 1. The Labute approximate surface area is 142 Å². The van der Waals surface area contributed by atoms with E-state index in [0.717, 1.165) is 17.9 Å². The number of aryl methyl sites for hydroxylation is 1. The molecule has 0 unspecified atom stereocenters. The summed E-state index contributed by atoms with van der Waals surface area (Å²) in [5, 5.41) is 9.82. The largest absolute Gasteiger partial charge is 0.496 e. The first-order chi connectivity index (χ1) is 11.5. The zero-order valence-corrected chi connectivity index (χ0v) is 14.6. The molecule has 0 aliphatic carbocycles. The van der Waals surface area contributed by atoms with Gasteiger partial charge in [-0.15, -0.1) is 0 Å². The number of rotatable bonds is 7. The third kappa shape index (κ3) is 4.48. The van der Waals surface area contributed by atoms with Gasteiger partial charge in [0.15, 0.2) is 0 Å². The van der Waals surface area contributed by atoms with Gasteiger partial charge in [0.25, 0.3) is 0 Å². The van der Waals surface area contributed by atoms with E-state index < -0.39 is 0 Å². The summed E-state index contributed by atoms with van der Waals surface area (Å²) in [7, 11) is 5.60. The number of hydrogen-bond donors (Lipinski definition) is 2. The number of nitrogens with zero attached hydrogens (tertiary/aromatic N) is 3. The predicted molar refractivity (Wildman–Crippen MR) is 94.3 cm³/mol. The molecule has 2 amide bonds. The van der Waals surface area contributed by atoms with E-state index in [1.807, 2.05) is 50.2 Å². The number of methoxy groups -OCH3 is 1. The van der Waals surface area contributed by atoms with Gasteiger partial charge in [-0.2, -0.15) is 5.10 Å². The topological polar surface area (TPSA) is 71.4 Å². The molecule has 0 saturated carbocycles. The molecule has 2 aromatic rings. The first-order valence-electron chi connectivity index (χ1n) is 7.91. The lowest BCUT2D eigenvalue weighted by Gasteiger charge is -2.26. The van der Waals surface area contributed by atoms with Crippen LogP contribution in [0.3, 0.4) is 0 Å². The van der Waals surface area contributed by atoms with Gasteiger partial charge < -0.3 is 20.3 Å². The lowest BCUT2D eigenvalue weighted by Crippen LogP contribution is -2.37. The van der Waals surface area contributed by atoms with E-state index in [0.29, 0.717) is 12.2 Å². The fourth-order valence-electron chi connectivity index (χ4n) is 2.48. The number of aromatic nitrogens is 2. The molecule has 0 saturated heterocycles. The number of carbonyl (C=O) groups is 1. The van der Waals surface area contributed by atoms with Gasteiger partial charge in [-0.3, -0.25) is 4.68 Å². The summed E-state index contributed by atoms with van der Waals surface area (Å²) in [6.45, 7) is 3.21. The first kappa shape index (κ1) is 17.8. The van der Waals surface area contributed by atoms with E-state index >= 15 is 0 Å². The van der Waals surface area contributed by atoms with Gasteiger partial charge in [-0.05, 0) is 27.1 Å². The first-order valence-corrected chi connectivity index (χ1v) is 7.91. The molecule has 0 bridgehead atoms. The van der Waals surface area contributed by atoms with Crippen molar-refractivity contribution in [3.05, 3.63) is 42.2 Å². The molecule has 2 N–H and O–H groups in total. The Morgan fingerprint density at radius 2 is 2.12 bits per heavy atom. The van der Waals surface area contributed by atoms with Crippen molar-refractivity contribution in [3.63, 3.8) is 0 Å². The maximum absolute atomic E-state index is 12.1. The second kappa shape index (κ2) is 8.35. The Morgan fingerprint density at radius 3 is 2.75 bits per heavy atom. The maximum atomic E-state index is 12.1. The summed E-state index contributed by atoms with van der Waals surface area (Å²) in [4.78, 5) is 14.2. The Hall–Kier alpha value is -2.54. The minimum Gasteiger partial charge on any atom is -0.496 e. The third-order valence-electron chi connectivity index (χ3n) is 3.79. The van der Waals surface area contributed by atoms with Crippen LogP contribution < -0.4 is 15.4 Å². The average molecular weight is 331 g/mol. The van der Waals surface area contributed by atoms with Crippen LogP contribution in [-0.2, 0) is 6.54 Å². The van der Waals surface area contributed by atoms with E-state index in [2.05, 4.69) is 15.7 Å². The lowest BCUT2D eigenvalue weighted by atomic mass is 10.0. The SMILES string of the molecule is CCn1cc(NC(=O)NC[C@H](c2ccccc2OC)N(C)C)cn1. The van der Waals surface area contributed by atoms with Crippen LogP contribution in [0.4, 0.5) is 10.5 Å². The van der Waals surface area contributed by atoms with E-state index in [1.165, 1.54) is 0 Å². The number of amides is 2. The number of carbonyl (C=O) groups excluding carboxylic acids is 1. The van der Waals surface area contributed by atoms with Crippen molar-refractivity contribution >= 4 is 11.7 Å². The second-order valence-corrected chi connectivity index (χ2v) is 5.64. The molecule has 2 rings (SSSR count). The van der Waals surface area contributed by atoms with Crippen LogP contribution in [0.15, 0.2) is 36.7 Å². The van der Waals surface area contributed by atoms with Gasteiger partial charge >= 0.3 is 6.03 Å². The molecule has 1 aromatic carbocycles. The van der Waals surface area contributed by atoms with Crippen molar-refractivity contribution in [1.29, 1.82) is 0 Å². The molecule has 7 nitrogen and oxygen atoms in total. The Balaban J connectivity index is 1.99. The third-order valence-corrected chi connectivity index (χ3v) is 3.79. The number of urea groups is 1. The summed E-state index contributed by atoms with van der Waals surface area (Å²) in [5.74, 6) is 0.808. The van der Waals surface area contributed by atoms with E-state index in [-0.39, 0.29) is 12.1 Å². The summed E-state index contributed by atoms with van der Waals surface area (Å²) in [5.41, 5.74) is 1.71. The minimum absolute atomic E-state index is 0.00488. The van der Waals surface area contributed by atoms with Crippen LogP contribution in [0.25, 0.3) is 0 Å². The Bertz CT molecular complexity index is 669. The van der Waals surface area contributed by atoms with Crippen LogP contribution in [-0.4, -0.2) is 48.5 Å². The molecule has 0 radical (unpaired) electrons. The Morgan fingerprint density at radius 1 is 1.38 bits per heavy atom. The molecule has 24 heavy (non-hydrogen) atoms. The second-order valence-electron chi connectivity index (χ2n) is 5.64. The highest BCUT2D eigenvalue weighted by atomic mass is 16.5. The molecular weight excluding hydrogens is 306 g/mol. The zero-order chi connectivity index (χ0) is 17.5. The van der Waals surface area contributed by atoms with Crippen LogP contribution in [0.1, 0.15) is 18.5 Å². The molecule has 1 aromatic heterocycles. The highest BCUT2D eigenvalue weighted by Gasteiger charge is 2.19. The van der Waals surface area contributed by atoms with Crippen molar-refractivity contribution in [3.8, 4) is 5.75 Å².